The molecular formula is C15H14F3N5O. The van der Waals surface area contributed by atoms with Crippen molar-refractivity contribution in [3.05, 3.63) is 48.0 Å². The van der Waals surface area contributed by atoms with Crippen LogP contribution in [0.3, 0.4) is 0 Å². The smallest absolute Gasteiger partial charge is 0.354 e. The van der Waals surface area contributed by atoms with Gasteiger partial charge >= 0.3 is 6.18 Å². The monoisotopic (exact) mass is 337 g/mol. The van der Waals surface area contributed by atoms with Crippen molar-refractivity contribution >= 4 is 16.9 Å². The molecule has 0 saturated heterocycles. The Kier molecular flexibility index (Phi) is 4.24. The minimum atomic E-state index is -4.51. The zero-order valence-electron chi connectivity index (χ0n) is 12.5. The highest BCUT2D eigenvalue weighted by Crippen LogP contribution is 2.27. The highest BCUT2D eigenvalue weighted by Gasteiger charge is 2.33. The zero-order valence-corrected chi connectivity index (χ0v) is 12.5. The van der Waals surface area contributed by atoms with Gasteiger partial charge in [0.05, 0.1) is 11.0 Å². The first-order valence-electron chi connectivity index (χ1n) is 7.23. The number of halogens is 3. The van der Waals surface area contributed by atoms with E-state index in [2.05, 4.69) is 20.4 Å². The predicted molar refractivity (Wildman–Crippen MR) is 80.0 cm³/mol. The van der Waals surface area contributed by atoms with E-state index >= 15 is 0 Å². The van der Waals surface area contributed by atoms with E-state index < -0.39 is 17.8 Å². The van der Waals surface area contributed by atoms with Crippen LogP contribution in [-0.2, 0) is 23.9 Å². The maximum Gasteiger partial charge on any atom is 0.435 e. The average molecular weight is 337 g/mol. The number of aromatic nitrogens is 4. The van der Waals surface area contributed by atoms with E-state index in [1.54, 1.807) is 0 Å². The highest BCUT2D eigenvalue weighted by molar-refractivity contribution is 5.76. The molecule has 9 heteroatoms. The molecular weight excluding hydrogens is 323 g/mol. The lowest BCUT2D eigenvalue weighted by Gasteiger charge is -2.05. The quantitative estimate of drug-likeness (QED) is 0.749. The maximum atomic E-state index is 12.4. The Bertz CT molecular complexity index is 819. The van der Waals surface area contributed by atoms with Crippen LogP contribution in [0.4, 0.5) is 13.2 Å². The van der Waals surface area contributed by atoms with Crippen LogP contribution in [0.15, 0.2) is 36.5 Å². The lowest BCUT2D eigenvalue weighted by molar-refractivity contribution is -0.141. The summed E-state index contributed by atoms with van der Waals surface area (Å²) in [5.41, 5.74) is 0.739. The number of carbonyl (C=O) groups is 1. The molecule has 0 fully saturated rings. The lowest BCUT2D eigenvalue weighted by Crippen LogP contribution is -2.29. The largest absolute Gasteiger partial charge is 0.435 e. The van der Waals surface area contributed by atoms with Crippen molar-refractivity contribution in [2.75, 3.05) is 6.54 Å². The number of nitrogens with zero attached hydrogens (tertiary/aromatic N) is 3. The summed E-state index contributed by atoms with van der Waals surface area (Å²) in [6.45, 7) is 0.0578. The topological polar surface area (TPSA) is 75.6 Å². The summed E-state index contributed by atoms with van der Waals surface area (Å²) in [6, 6.07) is 8.39. The van der Waals surface area contributed by atoms with Crippen LogP contribution in [-0.4, -0.2) is 32.2 Å². The van der Waals surface area contributed by atoms with Gasteiger partial charge in [0.2, 0.25) is 5.91 Å². The van der Waals surface area contributed by atoms with E-state index in [9.17, 15) is 18.0 Å². The van der Waals surface area contributed by atoms with Crippen molar-refractivity contribution in [1.29, 1.82) is 0 Å². The lowest BCUT2D eigenvalue weighted by atomic mass is 10.3. The molecule has 2 heterocycles. The molecule has 0 unspecified atom stereocenters. The second-order valence-electron chi connectivity index (χ2n) is 5.20. The summed E-state index contributed by atoms with van der Waals surface area (Å²) in [7, 11) is 0. The van der Waals surface area contributed by atoms with Gasteiger partial charge in [-0.2, -0.15) is 18.3 Å². The molecule has 24 heavy (non-hydrogen) atoms. The molecule has 6 nitrogen and oxygen atoms in total. The number of alkyl halides is 3. The summed E-state index contributed by atoms with van der Waals surface area (Å²) in [5.74, 6) is 0.317. The van der Waals surface area contributed by atoms with Gasteiger partial charge in [-0.15, -0.1) is 0 Å². The number of imidazole rings is 1. The molecule has 0 bridgehead atoms. The molecule has 1 aromatic carbocycles. The summed E-state index contributed by atoms with van der Waals surface area (Å²) in [6.07, 6.45) is -2.89. The first-order chi connectivity index (χ1) is 11.4. The van der Waals surface area contributed by atoms with Crippen LogP contribution < -0.4 is 5.32 Å². The van der Waals surface area contributed by atoms with Crippen LogP contribution >= 0.6 is 0 Å². The number of amides is 1. The molecule has 3 aromatic rings. The van der Waals surface area contributed by atoms with Crippen LogP contribution in [0.5, 0.6) is 0 Å². The van der Waals surface area contributed by atoms with Gasteiger partial charge in [-0.1, -0.05) is 12.1 Å². The molecule has 0 atom stereocenters. The molecule has 2 N–H and O–H groups in total. The van der Waals surface area contributed by atoms with Gasteiger partial charge in [0.25, 0.3) is 0 Å². The number of benzene rings is 1. The van der Waals surface area contributed by atoms with Crippen LogP contribution in [0.2, 0.25) is 0 Å². The number of carbonyl (C=O) groups excluding carboxylic acids is 1. The Labute approximate surface area is 134 Å². The molecule has 0 aliphatic carbocycles. The number of nitrogens with one attached hydrogen (secondary N) is 2. The van der Waals surface area contributed by atoms with Gasteiger partial charge < -0.3 is 10.3 Å². The maximum absolute atomic E-state index is 12.4. The minimum Gasteiger partial charge on any atom is -0.354 e. The molecule has 0 radical (unpaired) electrons. The third kappa shape index (κ3) is 3.73. The second kappa shape index (κ2) is 6.34. The Morgan fingerprint density at radius 1 is 1.25 bits per heavy atom. The molecule has 0 aliphatic heterocycles. The zero-order chi connectivity index (χ0) is 17.2. The van der Waals surface area contributed by atoms with Crippen LogP contribution in [0.25, 0.3) is 11.0 Å². The van der Waals surface area contributed by atoms with Gasteiger partial charge in [-0.05, 0) is 18.2 Å². The molecule has 2 aromatic heterocycles. The molecule has 0 saturated carbocycles. The normalized spacial score (nSPS) is 11.8. The fourth-order valence-corrected chi connectivity index (χ4v) is 2.25. The van der Waals surface area contributed by atoms with Crippen molar-refractivity contribution in [2.24, 2.45) is 0 Å². The molecule has 0 aliphatic rings. The van der Waals surface area contributed by atoms with Gasteiger partial charge in [-0.25, -0.2) is 4.98 Å². The Morgan fingerprint density at radius 2 is 2.04 bits per heavy atom. The number of hydrogen-bond donors (Lipinski definition) is 2. The van der Waals surface area contributed by atoms with Crippen molar-refractivity contribution in [1.82, 2.24) is 25.1 Å². The van der Waals surface area contributed by atoms with Crippen molar-refractivity contribution in [3.63, 3.8) is 0 Å². The van der Waals surface area contributed by atoms with Crippen molar-refractivity contribution in [3.8, 4) is 0 Å². The van der Waals surface area contributed by atoms with E-state index in [4.69, 9.17) is 0 Å². The molecule has 0 spiro atoms. The number of H-pyrrole nitrogens is 1. The predicted octanol–water partition coefficient (Wildman–Crippen LogP) is 2.14. The Balaban J connectivity index is 1.49. The van der Waals surface area contributed by atoms with E-state index in [0.29, 0.717) is 13.0 Å². The minimum absolute atomic E-state index is 0.268. The SMILES string of the molecule is O=C(Cn1ccc(C(F)(F)F)n1)NCCc1nc2ccccc2[nH]1. The van der Waals surface area contributed by atoms with Crippen LogP contribution in [0, 0.1) is 0 Å². The van der Waals surface area contributed by atoms with E-state index in [-0.39, 0.29) is 6.54 Å². The standard InChI is InChI=1S/C15H14F3N5O/c16-15(17,18)12-6-8-23(22-12)9-14(24)19-7-5-13-20-10-3-1-2-4-11(10)21-13/h1-4,6,8H,5,7,9H2,(H,19,24)(H,20,21). The fraction of sp³-hybridized carbons (Fsp3) is 0.267. The Hall–Kier alpha value is -2.84. The van der Waals surface area contributed by atoms with Gasteiger partial charge in [-0.3, -0.25) is 9.48 Å². The summed E-state index contributed by atoms with van der Waals surface area (Å²) in [4.78, 5) is 19.3. The summed E-state index contributed by atoms with van der Waals surface area (Å²) >= 11 is 0. The number of rotatable bonds is 5. The van der Waals surface area contributed by atoms with Gasteiger partial charge in [0.15, 0.2) is 5.69 Å². The third-order valence-corrected chi connectivity index (χ3v) is 3.36. The summed E-state index contributed by atoms with van der Waals surface area (Å²) in [5, 5.41) is 5.96. The number of para-hydroxylation sites is 2. The first kappa shape index (κ1) is 16.0. The third-order valence-electron chi connectivity index (χ3n) is 3.36. The average Bonchev–Trinajstić information content (AvgIpc) is 3.12. The first-order valence-corrected chi connectivity index (χ1v) is 7.23. The summed E-state index contributed by atoms with van der Waals surface area (Å²) < 4.78 is 38.2. The van der Waals surface area contributed by atoms with Crippen molar-refractivity contribution < 1.29 is 18.0 Å². The number of fused-ring (bicyclic) bond motifs is 1. The van der Waals surface area contributed by atoms with E-state index in [1.165, 1.54) is 0 Å². The van der Waals surface area contributed by atoms with Crippen molar-refractivity contribution in [2.45, 2.75) is 19.1 Å². The molecule has 1 amide bonds. The molecule has 126 valence electrons. The molecule has 3 rings (SSSR count). The number of hydrogen-bond acceptors (Lipinski definition) is 3. The number of aromatic amines is 1. The van der Waals surface area contributed by atoms with Gasteiger partial charge in [0.1, 0.15) is 12.4 Å². The van der Waals surface area contributed by atoms with E-state index in [1.807, 2.05) is 24.3 Å². The fourth-order valence-electron chi connectivity index (χ4n) is 2.25. The van der Waals surface area contributed by atoms with E-state index in [0.717, 1.165) is 33.8 Å². The Morgan fingerprint density at radius 3 is 2.75 bits per heavy atom. The van der Waals surface area contributed by atoms with Crippen LogP contribution in [0.1, 0.15) is 11.5 Å². The highest BCUT2D eigenvalue weighted by atomic mass is 19.4. The van der Waals surface area contributed by atoms with Gasteiger partial charge in [0, 0.05) is 19.2 Å². The second-order valence-corrected chi connectivity index (χ2v) is 5.20.